The molecule has 1 aliphatic rings. The second-order valence-electron chi connectivity index (χ2n) is 6.11. The number of aromatic nitrogens is 4. The predicted molar refractivity (Wildman–Crippen MR) is 91.8 cm³/mol. The standard InChI is InChI=1S/C18H19N5O2/c24-18(16-13-5-1-2-6-14(13)22-23-16)21-11-12-9-19-17(20-10-12)15-7-3-4-8-25-15/h1-2,5-6,9-10,15H,3-4,7-8,11H2,(H,21,24)(H,22,23)/t15-/m1/s1. The minimum atomic E-state index is -0.225. The average Bonchev–Trinajstić information content (AvgIpc) is 3.11. The third-order valence-corrected chi connectivity index (χ3v) is 4.33. The van der Waals surface area contributed by atoms with Crippen molar-refractivity contribution < 1.29 is 9.53 Å². The van der Waals surface area contributed by atoms with Crippen LogP contribution < -0.4 is 5.32 Å². The summed E-state index contributed by atoms with van der Waals surface area (Å²) in [6.45, 7) is 1.12. The summed E-state index contributed by atoms with van der Waals surface area (Å²) in [7, 11) is 0. The summed E-state index contributed by atoms with van der Waals surface area (Å²) in [5, 5.41) is 10.6. The lowest BCUT2D eigenvalue weighted by molar-refractivity contribution is 0.00940. The molecule has 0 unspecified atom stereocenters. The van der Waals surface area contributed by atoms with Gasteiger partial charge in [0.15, 0.2) is 11.5 Å². The van der Waals surface area contributed by atoms with Crippen LogP contribution in [0.15, 0.2) is 36.7 Å². The molecule has 128 valence electrons. The molecule has 0 spiro atoms. The van der Waals surface area contributed by atoms with Crippen molar-refractivity contribution in [1.29, 1.82) is 0 Å². The van der Waals surface area contributed by atoms with E-state index in [2.05, 4.69) is 25.5 Å². The Morgan fingerprint density at radius 2 is 2.08 bits per heavy atom. The van der Waals surface area contributed by atoms with Gasteiger partial charge in [0.2, 0.25) is 0 Å². The van der Waals surface area contributed by atoms with Gasteiger partial charge in [0.25, 0.3) is 5.91 Å². The highest BCUT2D eigenvalue weighted by Gasteiger charge is 2.18. The molecule has 7 heteroatoms. The summed E-state index contributed by atoms with van der Waals surface area (Å²) < 4.78 is 5.69. The molecule has 2 aromatic heterocycles. The fourth-order valence-electron chi connectivity index (χ4n) is 2.97. The Morgan fingerprint density at radius 1 is 1.24 bits per heavy atom. The number of para-hydroxylation sites is 1. The molecule has 0 radical (unpaired) electrons. The molecule has 0 bridgehead atoms. The lowest BCUT2D eigenvalue weighted by atomic mass is 10.1. The Balaban J connectivity index is 1.40. The number of rotatable bonds is 4. The van der Waals surface area contributed by atoms with E-state index in [4.69, 9.17) is 4.74 Å². The van der Waals surface area contributed by atoms with Gasteiger partial charge in [0, 0.05) is 36.5 Å². The summed E-state index contributed by atoms with van der Waals surface area (Å²) in [6, 6.07) is 7.54. The maximum atomic E-state index is 12.4. The molecule has 3 aromatic rings. The number of hydrogen-bond acceptors (Lipinski definition) is 5. The minimum absolute atomic E-state index is 0.00666. The molecule has 1 atom stereocenters. The number of amides is 1. The van der Waals surface area contributed by atoms with Crippen molar-refractivity contribution in [2.45, 2.75) is 31.9 Å². The summed E-state index contributed by atoms with van der Waals surface area (Å²) >= 11 is 0. The molecule has 25 heavy (non-hydrogen) atoms. The van der Waals surface area contributed by atoms with Crippen LogP contribution in [0.3, 0.4) is 0 Å². The van der Waals surface area contributed by atoms with Gasteiger partial charge < -0.3 is 10.1 Å². The second kappa shape index (κ2) is 6.98. The van der Waals surface area contributed by atoms with Gasteiger partial charge in [-0.05, 0) is 25.3 Å². The Hall–Kier alpha value is -2.80. The third-order valence-electron chi connectivity index (χ3n) is 4.33. The first kappa shape index (κ1) is 15.7. The van der Waals surface area contributed by atoms with Crippen molar-refractivity contribution in [1.82, 2.24) is 25.5 Å². The van der Waals surface area contributed by atoms with Crippen LogP contribution in [-0.2, 0) is 11.3 Å². The summed E-state index contributed by atoms with van der Waals surface area (Å²) in [6.07, 6.45) is 6.67. The van der Waals surface area contributed by atoms with E-state index in [9.17, 15) is 4.79 Å². The maximum absolute atomic E-state index is 12.4. The van der Waals surface area contributed by atoms with E-state index in [1.807, 2.05) is 24.3 Å². The van der Waals surface area contributed by atoms with Crippen LogP contribution in [0.1, 0.15) is 47.2 Å². The Kier molecular flexibility index (Phi) is 4.39. The highest BCUT2D eigenvalue weighted by Crippen LogP contribution is 2.24. The van der Waals surface area contributed by atoms with Crippen LogP contribution in [-0.4, -0.2) is 32.7 Å². The first-order chi connectivity index (χ1) is 12.3. The summed E-state index contributed by atoms with van der Waals surface area (Å²) in [4.78, 5) is 21.1. The lowest BCUT2D eigenvalue weighted by Gasteiger charge is -2.21. The second-order valence-corrected chi connectivity index (χ2v) is 6.11. The number of aromatic amines is 1. The van der Waals surface area contributed by atoms with Gasteiger partial charge in [-0.1, -0.05) is 18.2 Å². The topological polar surface area (TPSA) is 92.8 Å². The predicted octanol–water partition coefficient (Wildman–Crippen LogP) is 2.52. The maximum Gasteiger partial charge on any atom is 0.272 e. The fraction of sp³-hybridized carbons (Fsp3) is 0.333. The average molecular weight is 337 g/mol. The van der Waals surface area contributed by atoms with Gasteiger partial charge in [0.1, 0.15) is 6.10 Å². The van der Waals surface area contributed by atoms with Gasteiger partial charge >= 0.3 is 0 Å². The monoisotopic (exact) mass is 337 g/mol. The first-order valence-electron chi connectivity index (χ1n) is 8.45. The van der Waals surface area contributed by atoms with Crippen LogP contribution in [0.5, 0.6) is 0 Å². The number of fused-ring (bicyclic) bond motifs is 1. The van der Waals surface area contributed by atoms with Crippen molar-refractivity contribution in [3.05, 3.63) is 53.7 Å². The molecule has 1 amide bonds. The number of nitrogens with zero attached hydrogens (tertiary/aromatic N) is 3. The van der Waals surface area contributed by atoms with E-state index in [0.29, 0.717) is 18.1 Å². The normalized spacial score (nSPS) is 17.5. The number of benzene rings is 1. The third kappa shape index (κ3) is 3.36. The quantitative estimate of drug-likeness (QED) is 0.763. The highest BCUT2D eigenvalue weighted by atomic mass is 16.5. The molecule has 0 saturated carbocycles. The van der Waals surface area contributed by atoms with Crippen LogP contribution in [0, 0.1) is 0 Å². The van der Waals surface area contributed by atoms with Crippen molar-refractivity contribution in [2.75, 3.05) is 6.61 Å². The Bertz CT molecular complexity index is 869. The van der Waals surface area contributed by atoms with Gasteiger partial charge in [-0.15, -0.1) is 0 Å². The molecule has 4 rings (SSSR count). The van der Waals surface area contributed by atoms with Crippen molar-refractivity contribution in [3.8, 4) is 0 Å². The van der Waals surface area contributed by atoms with Crippen LogP contribution in [0.2, 0.25) is 0 Å². The first-order valence-corrected chi connectivity index (χ1v) is 8.45. The van der Waals surface area contributed by atoms with E-state index >= 15 is 0 Å². The number of nitrogens with one attached hydrogen (secondary N) is 2. The van der Waals surface area contributed by atoms with Crippen LogP contribution in [0.25, 0.3) is 10.9 Å². The van der Waals surface area contributed by atoms with Gasteiger partial charge in [0.05, 0.1) is 5.52 Å². The number of H-pyrrole nitrogens is 1. The smallest absolute Gasteiger partial charge is 0.272 e. The fourth-order valence-corrected chi connectivity index (χ4v) is 2.97. The van der Waals surface area contributed by atoms with Crippen molar-refractivity contribution in [3.63, 3.8) is 0 Å². The van der Waals surface area contributed by atoms with E-state index in [0.717, 1.165) is 42.3 Å². The molecule has 7 nitrogen and oxygen atoms in total. The van der Waals surface area contributed by atoms with Gasteiger partial charge in [-0.3, -0.25) is 9.89 Å². The van der Waals surface area contributed by atoms with E-state index in [1.54, 1.807) is 12.4 Å². The molecule has 1 fully saturated rings. The van der Waals surface area contributed by atoms with E-state index in [-0.39, 0.29) is 12.0 Å². The Labute approximate surface area is 144 Å². The van der Waals surface area contributed by atoms with E-state index in [1.165, 1.54) is 0 Å². The number of carbonyl (C=O) groups excluding carboxylic acids is 1. The molecular formula is C18H19N5O2. The van der Waals surface area contributed by atoms with Crippen LogP contribution in [0.4, 0.5) is 0 Å². The van der Waals surface area contributed by atoms with Gasteiger partial charge in [-0.2, -0.15) is 5.10 Å². The zero-order valence-corrected chi connectivity index (χ0v) is 13.7. The molecule has 1 aliphatic heterocycles. The SMILES string of the molecule is O=C(NCc1cnc([C@H]2CCCCO2)nc1)c1n[nH]c2ccccc12. The highest BCUT2D eigenvalue weighted by molar-refractivity contribution is 6.04. The number of ether oxygens (including phenoxy) is 1. The van der Waals surface area contributed by atoms with Gasteiger partial charge in [-0.25, -0.2) is 9.97 Å². The molecule has 0 aliphatic carbocycles. The molecular weight excluding hydrogens is 318 g/mol. The van der Waals surface area contributed by atoms with Crippen LogP contribution >= 0.6 is 0 Å². The minimum Gasteiger partial charge on any atom is -0.370 e. The summed E-state index contributed by atoms with van der Waals surface area (Å²) in [5.74, 6) is 0.491. The van der Waals surface area contributed by atoms with Crippen molar-refractivity contribution in [2.24, 2.45) is 0 Å². The molecule has 3 heterocycles. The summed E-state index contributed by atoms with van der Waals surface area (Å²) in [5.41, 5.74) is 2.07. The van der Waals surface area contributed by atoms with Crippen molar-refractivity contribution >= 4 is 16.8 Å². The largest absolute Gasteiger partial charge is 0.370 e. The molecule has 1 saturated heterocycles. The van der Waals surface area contributed by atoms with E-state index < -0.39 is 0 Å². The Morgan fingerprint density at radius 3 is 2.88 bits per heavy atom. The number of hydrogen-bond donors (Lipinski definition) is 2. The zero-order chi connectivity index (χ0) is 17.1. The molecule has 1 aromatic carbocycles. The molecule has 2 N–H and O–H groups in total. The lowest BCUT2D eigenvalue weighted by Crippen LogP contribution is -2.23. The number of carbonyl (C=O) groups is 1. The zero-order valence-electron chi connectivity index (χ0n) is 13.7.